The van der Waals surface area contributed by atoms with E-state index >= 15 is 0 Å². The van der Waals surface area contributed by atoms with Gasteiger partial charge in [-0.1, -0.05) is 6.07 Å². The van der Waals surface area contributed by atoms with Crippen LogP contribution in [0.25, 0.3) is 0 Å². The van der Waals surface area contributed by atoms with Crippen molar-refractivity contribution in [2.45, 2.75) is 12.5 Å². The third-order valence-electron chi connectivity index (χ3n) is 1.33. The van der Waals surface area contributed by atoms with Crippen molar-refractivity contribution in [2.24, 2.45) is 0 Å². The van der Waals surface area contributed by atoms with Gasteiger partial charge in [0.25, 0.3) is 6.43 Å². The molecule has 1 N–H and O–H groups in total. The summed E-state index contributed by atoms with van der Waals surface area (Å²) in [7, 11) is 0. The van der Waals surface area contributed by atoms with Crippen molar-refractivity contribution in [1.29, 1.82) is 0 Å². The molecule has 0 aliphatic rings. The molecule has 0 radical (unpaired) electrons. The van der Waals surface area contributed by atoms with E-state index in [-0.39, 0.29) is 5.56 Å². The van der Waals surface area contributed by atoms with Crippen molar-refractivity contribution in [1.82, 2.24) is 4.98 Å². The Morgan fingerprint density at radius 2 is 2.08 bits per heavy atom. The van der Waals surface area contributed by atoms with Crippen LogP contribution in [0.3, 0.4) is 0 Å². The predicted octanol–water partition coefficient (Wildman–Crippen LogP) is 2.14. The number of halogens is 3. The van der Waals surface area contributed by atoms with Gasteiger partial charge in [-0.2, -0.15) is 0 Å². The summed E-state index contributed by atoms with van der Waals surface area (Å²) in [6.45, 7) is 0. The minimum absolute atomic E-state index is 0.119. The molecule has 0 aliphatic carbocycles. The molecule has 1 heterocycles. The second-order valence-electron chi connectivity index (χ2n) is 2.19. The summed E-state index contributed by atoms with van der Waals surface area (Å²) in [5, 5.41) is 8.88. The Bertz CT molecular complexity index is 252. The van der Waals surface area contributed by atoms with Gasteiger partial charge in [-0.25, -0.2) is 13.8 Å². The molecule has 66 valence electrons. The SMILES string of the molecule is OC(c1ccc(Br)nc1)C(F)F. The average Bonchev–Trinajstić information content (AvgIpc) is 2.04. The maximum atomic E-state index is 11.9. The van der Waals surface area contributed by atoms with Gasteiger partial charge in [-0.15, -0.1) is 0 Å². The van der Waals surface area contributed by atoms with Crippen LogP contribution in [0.2, 0.25) is 0 Å². The lowest BCUT2D eigenvalue weighted by Crippen LogP contribution is -2.07. The first-order valence-corrected chi connectivity index (χ1v) is 3.98. The minimum Gasteiger partial charge on any atom is -0.382 e. The fourth-order valence-corrected chi connectivity index (χ4v) is 0.942. The lowest BCUT2D eigenvalue weighted by Gasteiger charge is -2.08. The highest BCUT2D eigenvalue weighted by Crippen LogP contribution is 2.20. The summed E-state index contributed by atoms with van der Waals surface area (Å²) in [5.74, 6) is 0. The summed E-state index contributed by atoms with van der Waals surface area (Å²) in [5.41, 5.74) is 0.119. The number of rotatable bonds is 2. The number of aliphatic hydroxyl groups is 1. The smallest absolute Gasteiger partial charge is 0.268 e. The zero-order valence-electron chi connectivity index (χ0n) is 5.92. The molecule has 1 atom stereocenters. The number of aromatic nitrogens is 1. The summed E-state index contributed by atoms with van der Waals surface area (Å²) >= 11 is 3.05. The number of aliphatic hydroxyl groups excluding tert-OH is 1. The molecule has 2 nitrogen and oxygen atoms in total. The first kappa shape index (κ1) is 9.54. The van der Waals surface area contributed by atoms with Crippen molar-refractivity contribution in [3.05, 3.63) is 28.5 Å². The molecule has 0 saturated carbocycles. The summed E-state index contributed by atoms with van der Waals surface area (Å²) < 4.78 is 24.4. The van der Waals surface area contributed by atoms with Gasteiger partial charge in [0.2, 0.25) is 0 Å². The number of pyridine rings is 1. The largest absolute Gasteiger partial charge is 0.382 e. The lowest BCUT2D eigenvalue weighted by atomic mass is 10.2. The van der Waals surface area contributed by atoms with E-state index in [2.05, 4.69) is 20.9 Å². The Labute approximate surface area is 76.4 Å². The van der Waals surface area contributed by atoms with E-state index in [1.54, 1.807) is 0 Å². The zero-order valence-corrected chi connectivity index (χ0v) is 7.50. The van der Waals surface area contributed by atoms with Crippen LogP contribution < -0.4 is 0 Å². The zero-order chi connectivity index (χ0) is 9.14. The quantitative estimate of drug-likeness (QED) is 0.800. The monoisotopic (exact) mass is 237 g/mol. The van der Waals surface area contributed by atoms with Crippen LogP contribution in [0.1, 0.15) is 11.7 Å². The van der Waals surface area contributed by atoms with Crippen molar-refractivity contribution in [3.63, 3.8) is 0 Å². The molecule has 0 spiro atoms. The Morgan fingerprint density at radius 1 is 1.42 bits per heavy atom. The topological polar surface area (TPSA) is 33.1 Å². The molecule has 1 unspecified atom stereocenters. The van der Waals surface area contributed by atoms with E-state index in [0.717, 1.165) is 0 Å². The van der Waals surface area contributed by atoms with Crippen LogP contribution in [0.4, 0.5) is 8.78 Å². The lowest BCUT2D eigenvalue weighted by molar-refractivity contribution is -0.00597. The van der Waals surface area contributed by atoms with Crippen molar-refractivity contribution >= 4 is 15.9 Å². The van der Waals surface area contributed by atoms with Crippen LogP contribution in [-0.4, -0.2) is 16.5 Å². The van der Waals surface area contributed by atoms with E-state index in [1.165, 1.54) is 18.3 Å². The highest BCUT2D eigenvalue weighted by atomic mass is 79.9. The van der Waals surface area contributed by atoms with Gasteiger partial charge in [-0.3, -0.25) is 0 Å². The summed E-state index contributed by atoms with van der Waals surface area (Å²) in [6.07, 6.45) is -3.31. The van der Waals surface area contributed by atoms with Gasteiger partial charge in [0.05, 0.1) is 0 Å². The molecule has 0 aliphatic heterocycles. The van der Waals surface area contributed by atoms with Gasteiger partial charge >= 0.3 is 0 Å². The van der Waals surface area contributed by atoms with E-state index in [9.17, 15) is 8.78 Å². The molecule has 1 aromatic rings. The van der Waals surface area contributed by atoms with Gasteiger partial charge in [0.1, 0.15) is 10.7 Å². The fourth-order valence-electron chi connectivity index (χ4n) is 0.708. The molecule has 1 aromatic heterocycles. The van der Waals surface area contributed by atoms with Crippen LogP contribution in [0, 0.1) is 0 Å². The Balaban J connectivity index is 2.82. The molecule has 1 rings (SSSR count). The second kappa shape index (κ2) is 3.91. The van der Waals surface area contributed by atoms with Gasteiger partial charge in [0.15, 0.2) is 0 Å². The molecule has 0 fully saturated rings. The first-order valence-electron chi connectivity index (χ1n) is 3.19. The molecule has 0 aromatic carbocycles. The molecular formula is C7H6BrF2NO. The number of hydrogen-bond donors (Lipinski definition) is 1. The first-order chi connectivity index (χ1) is 5.61. The summed E-state index contributed by atoms with van der Waals surface area (Å²) in [4.78, 5) is 3.71. The fraction of sp³-hybridized carbons (Fsp3) is 0.286. The molecule has 0 amide bonds. The minimum atomic E-state index is -2.77. The van der Waals surface area contributed by atoms with Crippen LogP contribution >= 0.6 is 15.9 Å². The maximum Gasteiger partial charge on any atom is 0.268 e. The van der Waals surface area contributed by atoms with Crippen LogP contribution in [0.15, 0.2) is 22.9 Å². The van der Waals surface area contributed by atoms with Gasteiger partial charge in [0, 0.05) is 11.8 Å². The second-order valence-corrected chi connectivity index (χ2v) is 3.01. The predicted molar refractivity (Wildman–Crippen MR) is 42.9 cm³/mol. The summed E-state index contributed by atoms with van der Waals surface area (Å²) in [6, 6.07) is 2.90. The number of alkyl halides is 2. The third-order valence-corrected chi connectivity index (χ3v) is 1.80. The number of hydrogen-bond acceptors (Lipinski definition) is 2. The highest BCUT2D eigenvalue weighted by molar-refractivity contribution is 9.10. The molecular weight excluding hydrogens is 232 g/mol. The normalized spacial score (nSPS) is 13.4. The number of nitrogens with zero attached hydrogens (tertiary/aromatic N) is 1. The molecule has 0 saturated heterocycles. The highest BCUT2D eigenvalue weighted by Gasteiger charge is 2.18. The van der Waals surface area contributed by atoms with E-state index in [1.807, 2.05) is 0 Å². The standard InChI is InChI=1S/C7H6BrF2NO/c8-5-2-1-4(3-11-5)6(12)7(9)10/h1-3,6-7,12H. The average molecular weight is 238 g/mol. The van der Waals surface area contributed by atoms with Crippen LogP contribution in [-0.2, 0) is 0 Å². The van der Waals surface area contributed by atoms with E-state index < -0.39 is 12.5 Å². The maximum absolute atomic E-state index is 11.9. The Morgan fingerprint density at radius 3 is 2.50 bits per heavy atom. The molecule has 5 heteroatoms. The molecule has 12 heavy (non-hydrogen) atoms. The molecule has 0 bridgehead atoms. The van der Waals surface area contributed by atoms with E-state index in [0.29, 0.717) is 4.60 Å². The van der Waals surface area contributed by atoms with E-state index in [4.69, 9.17) is 5.11 Å². The van der Waals surface area contributed by atoms with Gasteiger partial charge in [-0.05, 0) is 22.0 Å². The Kier molecular flexibility index (Phi) is 3.11. The van der Waals surface area contributed by atoms with Crippen molar-refractivity contribution in [3.8, 4) is 0 Å². The van der Waals surface area contributed by atoms with Gasteiger partial charge < -0.3 is 5.11 Å². The van der Waals surface area contributed by atoms with Crippen molar-refractivity contribution in [2.75, 3.05) is 0 Å². The van der Waals surface area contributed by atoms with Crippen molar-refractivity contribution < 1.29 is 13.9 Å². The third kappa shape index (κ3) is 2.22. The Hall–Kier alpha value is -0.550. The van der Waals surface area contributed by atoms with Crippen LogP contribution in [0.5, 0.6) is 0 Å².